The summed E-state index contributed by atoms with van der Waals surface area (Å²) in [4.78, 5) is 21.9. The molecule has 10 heteroatoms. The molecule has 1 saturated heterocycles. The van der Waals surface area contributed by atoms with Crippen molar-refractivity contribution >= 4 is 18.0 Å². The summed E-state index contributed by atoms with van der Waals surface area (Å²) in [7, 11) is 1.57. The number of carbonyl (C=O) groups excluding carboxylic acids is 1. The molecule has 1 aromatic carbocycles. The number of ether oxygens (including phenoxy) is 2. The summed E-state index contributed by atoms with van der Waals surface area (Å²) >= 11 is 0. The van der Waals surface area contributed by atoms with E-state index in [1.165, 1.54) is 0 Å². The van der Waals surface area contributed by atoms with Crippen molar-refractivity contribution in [3.8, 4) is 5.75 Å². The van der Waals surface area contributed by atoms with Gasteiger partial charge in [-0.15, -0.1) is 0 Å². The maximum atomic E-state index is 12.1. The lowest BCUT2D eigenvalue weighted by Gasteiger charge is -2.24. The van der Waals surface area contributed by atoms with Gasteiger partial charge in [-0.3, -0.25) is 10.3 Å². The fourth-order valence-electron chi connectivity index (χ4n) is 3.08. The second kappa shape index (κ2) is 12.1. The van der Waals surface area contributed by atoms with Gasteiger partial charge in [0, 0.05) is 26.2 Å². The van der Waals surface area contributed by atoms with Crippen molar-refractivity contribution in [2.24, 2.45) is 21.5 Å². The third kappa shape index (κ3) is 9.42. The Morgan fingerprint density at radius 2 is 1.94 bits per heavy atom. The molecule has 6 N–H and O–H groups in total. The van der Waals surface area contributed by atoms with E-state index in [1.807, 2.05) is 45.0 Å². The van der Waals surface area contributed by atoms with Crippen LogP contribution in [-0.4, -0.2) is 67.8 Å². The summed E-state index contributed by atoms with van der Waals surface area (Å²) in [5.41, 5.74) is 11.8. The molecule has 1 amide bonds. The first-order valence-electron chi connectivity index (χ1n) is 10.9. The number of nitrogens with zero attached hydrogens (tertiary/aromatic N) is 3. The third-order valence-corrected chi connectivity index (χ3v) is 4.72. The highest BCUT2D eigenvalue weighted by Crippen LogP contribution is 2.16. The first-order valence-corrected chi connectivity index (χ1v) is 10.9. The lowest BCUT2D eigenvalue weighted by molar-refractivity contribution is 0.0291. The number of hydrogen-bond acceptors (Lipinski definition) is 6. The van der Waals surface area contributed by atoms with Gasteiger partial charge in [0.15, 0.2) is 11.9 Å². The minimum atomic E-state index is -0.464. The summed E-state index contributed by atoms with van der Waals surface area (Å²) in [6.45, 7) is 8.92. The van der Waals surface area contributed by atoms with Crippen molar-refractivity contribution < 1.29 is 14.3 Å². The van der Waals surface area contributed by atoms with E-state index in [9.17, 15) is 4.79 Å². The van der Waals surface area contributed by atoms with Crippen LogP contribution >= 0.6 is 0 Å². The number of rotatable bonds is 8. The van der Waals surface area contributed by atoms with E-state index in [2.05, 4.69) is 20.6 Å². The summed E-state index contributed by atoms with van der Waals surface area (Å²) in [6, 6.07) is 8.03. The topological polar surface area (TPSA) is 140 Å². The molecule has 10 nitrogen and oxygen atoms in total. The van der Waals surface area contributed by atoms with E-state index in [0.717, 1.165) is 37.2 Å². The van der Waals surface area contributed by atoms with Crippen LogP contribution in [0.25, 0.3) is 0 Å². The number of carbonyl (C=O) groups is 1. The van der Waals surface area contributed by atoms with Gasteiger partial charge in [-0.1, -0.05) is 12.1 Å². The number of hydrogen-bond donors (Lipinski definition) is 4. The van der Waals surface area contributed by atoms with Crippen molar-refractivity contribution in [2.75, 3.05) is 33.3 Å². The summed E-state index contributed by atoms with van der Waals surface area (Å²) in [5, 5.41) is 6.18. The Kier molecular flexibility index (Phi) is 9.58. The van der Waals surface area contributed by atoms with Gasteiger partial charge in [0.25, 0.3) is 0 Å². The molecule has 178 valence electrons. The lowest BCUT2D eigenvalue weighted by Crippen LogP contribution is -2.41. The molecule has 1 heterocycles. The van der Waals surface area contributed by atoms with Crippen LogP contribution in [0.1, 0.15) is 39.2 Å². The van der Waals surface area contributed by atoms with Crippen molar-refractivity contribution in [1.29, 1.82) is 0 Å². The molecule has 0 radical (unpaired) electrons. The molecule has 1 atom stereocenters. The highest BCUT2D eigenvalue weighted by molar-refractivity contribution is 5.96. The van der Waals surface area contributed by atoms with Gasteiger partial charge in [-0.2, -0.15) is 0 Å². The average molecular weight is 448 g/mol. The number of nitrogens with two attached hydrogens (primary N) is 2. The van der Waals surface area contributed by atoms with Crippen LogP contribution in [0.15, 0.2) is 34.3 Å². The van der Waals surface area contributed by atoms with Gasteiger partial charge in [0.1, 0.15) is 11.4 Å². The fourth-order valence-corrected chi connectivity index (χ4v) is 3.08. The van der Waals surface area contributed by atoms with Gasteiger partial charge < -0.3 is 31.2 Å². The van der Waals surface area contributed by atoms with Crippen molar-refractivity contribution in [1.82, 2.24) is 15.5 Å². The average Bonchev–Trinajstić information content (AvgIpc) is 3.21. The maximum Gasteiger partial charge on any atom is 0.410 e. The fraction of sp³-hybridized carbons (Fsp3) is 0.591. The van der Waals surface area contributed by atoms with Gasteiger partial charge in [-0.05, 0) is 57.9 Å². The van der Waals surface area contributed by atoms with Crippen LogP contribution in [0.2, 0.25) is 0 Å². The van der Waals surface area contributed by atoms with Crippen LogP contribution in [0.4, 0.5) is 4.79 Å². The van der Waals surface area contributed by atoms with Gasteiger partial charge >= 0.3 is 6.09 Å². The van der Waals surface area contributed by atoms with E-state index >= 15 is 0 Å². The monoisotopic (exact) mass is 447 g/mol. The number of guanidine groups is 2. The van der Waals surface area contributed by atoms with Crippen LogP contribution < -0.4 is 26.8 Å². The largest absolute Gasteiger partial charge is 0.494 e. The van der Waals surface area contributed by atoms with Crippen LogP contribution in [0.5, 0.6) is 5.75 Å². The van der Waals surface area contributed by atoms with Crippen molar-refractivity contribution in [3.05, 3.63) is 29.8 Å². The minimum absolute atomic E-state index is 0.220. The predicted molar refractivity (Wildman–Crippen MR) is 127 cm³/mol. The number of aliphatic imine (C=N–C) groups is 2. The maximum absolute atomic E-state index is 12.1. The normalized spacial score (nSPS) is 17.4. The Morgan fingerprint density at radius 1 is 1.22 bits per heavy atom. The van der Waals surface area contributed by atoms with Gasteiger partial charge in [0.2, 0.25) is 0 Å². The highest BCUT2D eigenvalue weighted by atomic mass is 16.6. The van der Waals surface area contributed by atoms with E-state index in [0.29, 0.717) is 25.7 Å². The molecule has 0 bridgehead atoms. The minimum Gasteiger partial charge on any atom is -0.494 e. The molecule has 0 aliphatic carbocycles. The van der Waals surface area contributed by atoms with Gasteiger partial charge in [0.05, 0.1) is 13.2 Å². The molecular formula is C22H37N7O3. The number of likely N-dealkylation sites (tertiary alicyclic amines) is 1. The predicted octanol–water partition coefficient (Wildman–Crippen LogP) is 1.40. The van der Waals surface area contributed by atoms with Crippen LogP contribution in [0.3, 0.4) is 0 Å². The smallest absolute Gasteiger partial charge is 0.410 e. The molecule has 1 aliphatic rings. The lowest BCUT2D eigenvalue weighted by atomic mass is 10.2. The molecule has 0 spiro atoms. The molecule has 32 heavy (non-hydrogen) atoms. The van der Waals surface area contributed by atoms with Crippen molar-refractivity contribution in [2.45, 2.75) is 51.8 Å². The quantitative estimate of drug-likeness (QED) is 0.268. The zero-order valence-corrected chi connectivity index (χ0v) is 19.6. The first kappa shape index (κ1) is 25.3. The van der Waals surface area contributed by atoms with Crippen LogP contribution in [-0.2, 0) is 11.3 Å². The second-order valence-electron chi connectivity index (χ2n) is 8.65. The Bertz CT molecular complexity index is 788. The summed E-state index contributed by atoms with van der Waals surface area (Å²) in [6.07, 6.45) is 1.57. The summed E-state index contributed by atoms with van der Waals surface area (Å²) < 4.78 is 11.2. The summed E-state index contributed by atoms with van der Waals surface area (Å²) in [5.74, 6) is 1.25. The van der Waals surface area contributed by atoms with E-state index in [4.69, 9.17) is 20.9 Å². The van der Waals surface area contributed by atoms with E-state index < -0.39 is 5.60 Å². The Labute approximate surface area is 190 Å². The van der Waals surface area contributed by atoms with E-state index in [1.54, 1.807) is 11.9 Å². The zero-order valence-electron chi connectivity index (χ0n) is 19.6. The zero-order chi connectivity index (χ0) is 23.6. The van der Waals surface area contributed by atoms with Crippen LogP contribution in [0, 0.1) is 0 Å². The third-order valence-electron chi connectivity index (χ3n) is 4.72. The Balaban J connectivity index is 1.61. The molecule has 1 fully saturated rings. The number of benzene rings is 1. The van der Waals surface area contributed by atoms with Crippen molar-refractivity contribution in [3.63, 3.8) is 0 Å². The molecule has 1 unspecified atom stereocenters. The Morgan fingerprint density at radius 3 is 2.59 bits per heavy atom. The molecule has 0 aromatic heterocycles. The molecule has 1 aromatic rings. The standard InChI is InChI=1S/C22H37N7O3/c1-22(2,3)32-21(30)29-12-10-17(15-29)26-11-5-13-31-18-8-6-16(7-9-18)14-27-20(24)28-19(23)25-4/h6-9,17,26H,5,10-15H2,1-4H3,(H5,23,24,25,27,28). The molecular weight excluding hydrogens is 410 g/mol. The Hall–Kier alpha value is -3.01. The molecule has 1 aliphatic heterocycles. The van der Waals surface area contributed by atoms with E-state index in [-0.39, 0.29) is 18.0 Å². The molecule has 2 rings (SSSR count). The number of amides is 1. The molecule has 0 saturated carbocycles. The highest BCUT2D eigenvalue weighted by Gasteiger charge is 2.29. The number of nitrogens with one attached hydrogen (secondary N) is 2. The SMILES string of the molecule is CN=C(N)NC(N)=NCc1ccc(OCCCNC2CCN(C(=O)OC(C)(C)C)C2)cc1. The van der Waals surface area contributed by atoms with Gasteiger partial charge in [-0.25, -0.2) is 9.79 Å². The first-order chi connectivity index (χ1) is 15.2. The second-order valence-corrected chi connectivity index (χ2v) is 8.65.